The molecular weight excluding hydrogens is 849 g/mol. The summed E-state index contributed by atoms with van der Waals surface area (Å²) in [6.45, 7) is 0. The lowest BCUT2D eigenvalue weighted by Crippen LogP contribution is -2.26. The lowest BCUT2D eigenvalue weighted by atomic mass is 9.70. The summed E-state index contributed by atoms with van der Waals surface area (Å²) in [7, 11) is 0. The van der Waals surface area contributed by atoms with Gasteiger partial charge in [0.15, 0.2) is 5.58 Å². The van der Waals surface area contributed by atoms with Crippen molar-refractivity contribution in [3.05, 3.63) is 253 Å². The Labute approximate surface area is 395 Å². The molecule has 3 heterocycles. The number of para-hydroxylation sites is 5. The first-order valence-electron chi connectivity index (χ1n) is 23.2. The standard InChI is InChI=1S/C63H38N2O2S/c1-3-16-39(17-4-1)64(41-32-35-59-51(36-41)47-22-10-14-29-58(47)68-59)42-30-33-45-44-20-7-11-25-52(44)63(53(45)37-42)54-38-43(31-34-49(54)62-60(63)50-23-9-13-28-57(50)67-62)65(40-18-5-2-6-19-40)55-26-15-24-48-46-21-8-12-27-56(46)66-61(48)55/h1-38H. The third-order valence-corrected chi connectivity index (χ3v) is 15.6. The van der Waals surface area contributed by atoms with Crippen LogP contribution in [0.1, 0.15) is 22.3 Å². The van der Waals surface area contributed by atoms with Crippen LogP contribution in [0.25, 0.3) is 75.5 Å². The highest BCUT2D eigenvalue weighted by Gasteiger charge is 2.55. The van der Waals surface area contributed by atoms with E-state index in [1.807, 2.05) is 17.4 Å². The first-order valence-corrected chi connectivity index (χ1v) is 24.0. The van der Waals surface area contributed by atoms with Crippen LogP contribution in [-0.4, -0.2) is 0 Å². The summed E-state index contributed by atoms with van der Waals surface area (Å²) in [5, 5.41) is 5.86. The van der Waals surface area contributed by atoms with Gasteiger partial charge in [-0.2, -0.15) is 0 Å². The van der Waals surface area contributed by atoms with Crippen LogP contribution in [0.2, 0.25) is 0 Å². The molecule has 0 bridgehead atoms. The molecule has 13 aromatic rings. The van der Waals surface area contributed by atoms with E-state index in [0.29, 0.717) is 0 Å². The predicted octanol–water partition coefficient (Wildman–Crippen LogP) is 18.0. The molecule has 2 aliphatic rings. The molecule has 15 rings (SSSR count). The molecule has 4 nitrogen and oxygen atoms in total. The van der Waals surface area contributed by atoms with E-state index in [9.17, 15) is 0 Å². The zero-order valence-corrected chi connectivity index (χ0v) is 37.4. The molecule has 0 fully saturated rings. The molecule has 2 aliphatic carbocycles. The fourth-order valence-electron chi connectivity index (χ4n) is 11.7. The third-order valence-electron chi connectivity index (χ3n) is 14.4. The molecule has 0 aliphatic heterocycles. The van der Waals surface area contributed by atoms with Gasteiger partial charge in [-0.05, 0) is 125 Å². The van der Waals surface area contributed by atoms with Gasteiger partial charge in [-0.3, -0.25) is 0 Å². The molecule has 318 valence electrons. The van der Waals surface area contributed by atoms with Gasteiger partial charge < -0.3 is 18.6 Å². The molecule has 1 spiro atoms. The highest BCUT2D eigenvalue weighted by molar-refractivity contribution is 7.25. The van der Waals surface area contributed by atoms with E-state index in [-0.39, 0.29) is 0 Å². The Morgan fingerprint density at radius 2 is 0.897 bits per heavy atom. The molecule has 68 heavy (non-hydrogen) atoms. The Kier molecular flexibility index (Phi) is 7.83. The van der Waals surface area contributed by atoms with Crippen LogP contribution in [0.3, 0.4) is 0 Å². The van der Waals surface area contributed by atoms with Gasteiger partial charge >= 0.3 is 0 Å². The molecule has 0 radical (unpaired) electrons. The minimum Gasteiger partial charge on any atom is -0.456 e. The number of rotatable bonds is 6. The Morgan fingerprint density at radius 3 is 1.71 bits per heavy atom. The fraction of sp³-hybridized carbons (Fsp3) is 0.0159. The maximum Gasteiger partial charge on any atom is 0.159 e. The van der Waals surface area contributed by atoms with Crippen molar-refractivity contribution in [2.24, 2.45) is 0 Å². The predicted molar refractivity (Wildman–Crippen MR) is 282 cm³/mol. The van der Waals surface area contributed by atoms with Crippen LogP contribution < -0.4 is 9.80 Å². The highest BCUT2D eigenvalue weighted by atomic mass is 32.1. The van der Waals surface area contributed by atoms with Gasteiger partial charge in [-0.25, -0.2) is 0 Å². The lowest BCUT2D eigenvalue weighted by molar-refractivity contribution is 0.628. The van der Waals surface area contributed by atoms with Crippen molar-refractivity contribution >= 4 is 98.5 Å². The second-order valence-electron chi connectivity index (χ2n) is 17.9. The summed E-state index contributed by atoms with van der Waals surface area (Å²) in [4.78, 5) is 4.78. The first kappa shape index (κ1) is 37.6. The SMILES string of the molecule is c1ccc(N(c2ccc3c(c2)C2(c4ccccc4-3)c3cc(N(c4ccccc4)c4cccc5c4oc4ccccc45)ccc3-c3oc4ccccc4c32)c2ccc3sc4ccccc4c3c2)cc1. The quantitative estimate of drug-likeness (QED) is 0.167. The van der Waals surface area contributed by atoms with Crippen LogP contribution in [0.4, 0.5) is 34.1 Å². The van der Waals surface area contributed by atoms with E-state index in [0.717, 1.165) is 78.4 Å². The van der Waals surface area contributed by atoms with E-state index in [1.165, 1.54) is 53.6 Å². The minimum absolute atomic E-state index is 0.723. The fourth-order valence-corrected chi connectivity index (χ4v) is 12.8. The van der Waals surface area contributed by atoms with Gasteiger partial charge in [-0.1, -0.05) is 133 Å². The normalized spacial score (nSPS) is 14.5. The number of hydrogen-bond donors (Lipinski definition) is 0. The molecule has 0 saturated heterocycles. The van der Waals surface area contributed by atoms with Crippen molar-refractivity contribution in [1.82, 2.24) is 0 Å². The molecule has 0 saturated carbocycles. The monoisotopic (exact) mass is 886 g/mol. The van der Waals surface area contributed by atoms with Crippen molar-refractivity contribution in [2.45, 2.75) is 5.41 Å². The van der Waals surface area contributed by atoms with E-state index < -0.39 is 5.41 Å². The summed E-state index contributed by atoms with van der Waals surface area (Å²) in [6.07, 6.45) is 0. The lowest BCUT2D eigenvalue weighted by Gasteiger charge is -2.33. The van der Waals surface area contributed by atoms with Gasteiger partial charge in [0.1, 0.15) is 16.9 Å². The molecular formula is C63H38N2O2S. The van der Waals surface area contributed by atoms with E-state index >= 15 is 0 Å². The molecule has 3 aromatic heterocycles. The summed E-state index contributed by atoms with van der Waals surface area (Å²) < 4.78 is 16.4. The number of benzene rings is 10. The minimum atomic E-state index is -0.723. The second-order valence-corrected chi connectivity index (χ2v) is 19.0. The van der Waals surface area contributed by atoms with Crippen molar-refractivity contribution in [3.63, 3.8) is 0 Å². The van der Waals surface area contributed by atoms with Crippen LogP contribution in [0, 0.1) is 0 Å². The van der Waals surface area contributed by atoms with Crippen molar-refractivity contribution in [1.29, 1.82) is 0 Å². The summed E-state index contributed by atoms with van der Waals surface area (Å²) in [6, 6.07) is 83.7. The van der Waals surface area contributed by atoms with Gasteiger partial charge in [0.25, 0.3) is 0 Å². The zero-order valence-electron chi connectivity index (χ0n) is 36.6. The Morgan fingerprint density at radius 1 is 0.338 bits per heavy atom. The topological polar surface area (TPSA) is 32.8 Å². The molecule has 5 heteroatoms. The van der Waals surface area contributed by atoms with Crippen molar-refractivity contribution in [2.75, 3.05) is 9.80 Å². The number of hydrogen-bond acceptors (Lipinski definition) is 5. The van der Waals surface area contributed by atoms with E-state index in [4.69, 9.17) is 8.83 Å². The number of furan rings is 2. The maximum absolute atomic E-state index is 7.06. The summed E-state index contributed by atoms with van der Waals surface area (Å²) in [5.41, 5.74) is 16.6. The van der Waals surface area contributed by atoms with Gasteiger partial charge in [0.05, 0.1) is 11.1 Å². The van der Waals surface area contributed by atoms with Crippen LogP contribution >= 0.6 is 11.3 Å². The van der Waals surface area contributed by atoms with Crippen LogP contribution in [0.15, 0.2) is 239 Å². The van der Waals surface area contributed by atoms with Gasteiger partial charge in [0, 0.05) is 75.9 Å². The van der Waals surface area contributed by atoms with E-state index in [1.54, 1.807) is 0 Å². The first-order chi connectivity index (χ1) is 33.7. The number of anilines is 6. The van der Waals surface area contributed by atoms with Gasteiger partial charge in [0.2, 0.25) is 0 Å². The van der Waals surface area contributed by atoms with Crippen LogP contribution in [-0.2, 0) is 5.41 Å². The Bertz CT molecular complexity index is 4180. The summed E-state index contributed by atoms with van der Waals surface area (Å²) in [5.74, 6) is 0.918. The van der Waals surface area contributed by atoms with Crippen molar-refractivity contribution in [3.8, 4) is 22.5 Å². The molecule has 1 unspecified atom stereocenters. The number of fused-ring (bicyclic) bond motifs is 18. The largest absolute Gasteiger partial charge is 0.456 e. The second kappa shape index (κ2) is 14.2. The van der Waals surface area contributed by atoms with Crippen molar-refractivity contribution < 1.29 is 8.83 Å². The number of nitrogens with zero attached hydrogens (tertiary/aromatic N) is 2. The summed E-state index contributed by atoms with van der Waals surface area (Å²) >= 11 is 1.85. The van der Waals surface area contributed by atoms with Crippen LogP contribution in [0.5, 0.6) is 0 Å². The molecule has 1 atom stereocenters. The Balaban J connectivity index is 1.01. The average Bonchev–Trinajstić information content (AvgIpc) is 4.20. The van der Waals surface area contributed by atoms with E-state index in [2.05, 4.69) is 234 Å². The third kappa shape index (κ3) is 5.14. The highest BCUT2D eigenvalue weighted by Crippen LogP contribution is 2.66. The molecule has 0 amide bonds. The average molecular weight is 887 g/mol. The number of thiophene rings is 1. The Hall–Kier alpha value is -8.64. The van der Waals surface area contributed by atoms with Gasteiger partial charge in [-0.15, -0.1) is 11.3 Å². The smallest absolute Gasteiger partial charge is 0.159 e. The maximum atomic E-state index is 7.06. The zero-order chi connectivity index (χ0) is 44.5. The molecule has 10 aromatic carbocycles. The molecule has 0 N–H and O–H groups in total.